The van der Waals surface area contributed by atoms with Crippen molar-refractivity contribution in [2.45, 2.75) is 32.7 Å². The van der Waals surface area contributed by atoms with Gasteiger partial charge in [0.2, 0.25) is 5.95 Å². The van der Waals surface area contributed by atoms with E-state index in [2.05, 4.69) is 25.3 Å². The average molecular weight is 477 g/mol. The zero-order valence-electron chi connectivity index (χ0n) is 18.5. The van der Waals surface area contributed by atoms with Gasteiger partial charge in [-0.05, 0) is 37.6 Å². The lowest BCUT2D eigenvalue weighted by Crippen LogP contribution is -2.17. The van der Waals surface area contributed by atoms with Crippen LogP contribution in [-0.4, -0.2) is 34.4 Å². The highest BCUT2D eigenvalue weighted by atomic mass is 19.4. The molecule has 0 aliphatic carbocycles. The second-order valence-electron chi connectivity index (χ2n) is 7.26. The lowest BCUT2D eigenvalue weighted by Gasteiger charge is -2.15. The summed E-state index contributed by atoms with van der Waals surface area (Å²) in [6.07, 6.45) is -4.08. The minimum Gasteiger partial charge on any atom is -0.496 e. The molecule has 0 saturated carbocycles. The van der Waals surface area contributed by atoms with Crippen LogP contribution in [0.2, 0.25) is 0 Å². The van der Waals surface area contributed by atoms with Crippen LogP contribution in [0, 0.1) is 10.1 Å². The van der Waals surface area contributed by atoms with E-state index in [9.17, 15) is 23.3 Å². The number of hydrogen-bond donors (Lipinski definition) is 2. The van der Waals surface area contributed by atoms with Gasteiger partial charge in [0, 0.05) is 17.7 Å². The third kappa shape index (κ3) is 6.47. The van der Waals surface area contributed by atoms with Crippen molar-refractivity contribution >= 4 is 23.1 Å². The molecule has 3 aromatic rings. The Labute approximate surface area is 193 Å². The number of nitro benzene ring substituents is 1. The Morgan fingerprint density at radius 3 is 2.53 bits per heavy atom. The molecule has 0 amide bonds. The van der Waals surface area contributed by atoms with Gasteiger partial charge in [0.1, 0.15) is 23.0 Å². The molecule has 0 bridgehead atoms. The van der Waals surface area contributed by atoms with Gasteiger partial charge < -0.3 is 20.1 Å². The second kappa shape index (κ2) is 10.2. The molecule has 0 radical (unpaired) electrons. The zero-order valence-corrected chi connectivity index (χ0v) is 18.5. The van der Waals surface area contributed by atoms with Crippen LogP contribution in [0.1, 0.15) is 20.3 Å². The molecule has 12 heteroatoms. The van der Waals surface area contributed by atoms with Crippen LogP contribution in [0.3, 0.4) is 0 Å². The first-order chi connectivity index (χ1) is 16.1. The fourth-order valence-corrected chi connectivity index (χ4v) is 2.93. The first-order valence-corrected chi connectivity index (χ1v) is 10.2. The van der Waals surface area contributed by atoms with Gasteiger partial charge in [-0.15, -0.1) is 13.2 Å². The highest BCUT2D eigenvalue weighted by Crippen LogP contribution is 2.33. The van der Waals surface area contributed by atoms with Crippen molar-refractivity contribution in [2.75, 3.05) is 17.7 Å². The molecule has 1 heterocycles. The zero-order chi connectivity index (χ0) is 24.9. The number of ether oxygens (including phenoxy) is 2. The summed E-state index contributed by atoms with van der Waals surface area (Å²) in [4.78, 5) is 19.7. The average Bonchev–Trinajstić information content (AvgIpc) is 2.78. The highest BCUT2D eigenvalue weighted by molar-refractivity contribution is 5.73. The first kappa shape index (κ1) is 24.6. The van der Waals surface area contributed by atoms with Crippen molar-refractivity contribution in [3.8, 4) is 22.8 Å². The summed E-state index contributed by atoms with van der Waals surface area (Å²) in [6.45, 7) is 3.87. The van der Waals surface area contributed by atoms with Gasteiger partial charge in [-0.1, -0.05) is 19.1 Å². The minimum atomic E-state index is -4.84. The monoisotopic (exact) mass is 477 g/mol. The first-order valence-electron chi connectivity index (χ1n) is 10.2. The summed E-state index contributed by atoms with van der Waals surface area (Å²) in [5.41, 5.74) is 0.534. The maximum absolute atomic E-state index is 12.7. The summed E-state index contributed by atoms with van der Waals surface area (Å²) >= 11 is 0. The number of benzene rings is 2. The molecule has 34 heavy (non-hydrogen) atoms. The fourth-order valence-electron chi connectivity index (χ4n) is 2.93. The lowest BCUT2D eigenvalue weighted by atomic mass is 10.1. The molecule has 0 unspecified atom stereocenters. The Kier molecular flexibility index (Phi) is 7.39. The number of nitrogens with one attached hydrogen (secondary N) is 2. The van der Waals surface area contributed by atoms with E-state index < -0.39 is 17.0 Å². The molecule has 0 aliphatic rings. The van der Waals surface area contributed by atoms with E-state index in [0.29, 0.717) is 11.3 Å². The summed E-state index contributed by atoms with van der Waals surface area (Å²) in [5, 5.41) is 17.5. The molecule has 0 spiro atoms. The molecule has 1 atom stereocenters. The van der Waals surface area contributed by atoms with Crippen molar-refractivity contribution in [1.82, 2.24) is 9.97 Å². The number of halogens is 3. The third-order valence-electron chi connectivity index (χ3n) is 4.74. The molecule has 0 aliphatic heterocycles. The molecular formula is C22H22F3N5O4. The minimum absolute atomic E-state index is 0.00156. The number of anilines is 3. The van der Waals surface area contributed by atoms with Crippen LogP contribution >= 0.6 is 0 Å². The molecule has 2 aromatic carbocycles. The van der Waals surface area contributed by atoms with E-state index >= 15 is 0 Å². The Morgan fingerprint density at radius 1 is 1.12 bits per heavy atom. The van der Waals surface area contributed by atoms with Gasteiger partial charge in [-0.2, -0.15) is 4.98 Å². The number of aromatic nitrogens is 2. The number of hydrogen-bond acceptors (Lipinski definition) is 8. The maximum atomic E-state index is 12.7. The van der Waals surface area contributed by atoms with Gasteiger partial charge in [-0.3, -0.25) is 10.1 Å². The fraction of sp³-hybridized carbons (Fsp3) is 0.273. The van der Waals surface area contributed by atoms with E-state index in [1.165, 1.54) is 43.5 Å². The predicted molar refractivity (Wildman–Crippen MR) is 120 cm³/mol. The molecule has 1 aromatic heterocycles. The van der Waals surface area contributed by atoms with E-state index in [1.54, 1.807) is 12.1 Å². The van der Waals surface area contributed by atoms with E-state index in [0.717, 1.165) is 6.42 Å². The molecule has 0 fully saturated rings. The quantitative estimate of drug-likeness (QED) is 0.289. The van der Waals surface area contributed by atoms with Crippen molar-refractivity contribution in [3.63, 3.8) is 0 Å². The topological polar surface area (TPSA) is 111 Å². The smallest absolute Gasteiger partial charge is 0.496 e. The SMILES string of the molecule is CC[C@@H](C)Nc1nc(Nc2ccc(OC)cc2[N+](=O)[O-])cc(-c2cccc(OC(F)(F)F)c2)n1. The Balaban J connectivity index is 2.04. The summed E-state index contributed by atoms with van der Waals surface area (Å²) in [5.74, 6) is 0.306. The van der Waals surface area contributed by atoms with Gasteiger partial charge in [0.15, 0.2) is 0 Å². The molecule has 2 N–H and O–H groups in total. The van der Waals surface area contributed by atoms with Gasteiger partial charge in [-0.25, -0.2) is 4.98 Å². The number of nitro groups is 1. The second-order valence-corrected chi connectivity index (χ2v) is 7.26. The number of methoxy groups -OCH3 is 1. The Bertz CT molecular complexity index is 1170. The van der Waals surface area contributed by atoms with E-state index in [-0.39, 0.29) is 34.9 Å². The van der Waals surface area contributed by atoms with Crippen molar-refractivity contribution in [3.05, 3.63) is 58.6 Å². The molecular weight excluding hydrogens is 455 g/mol. The number of nitrogens with zero attached hydrogens (tertiary/aromatic N) is 3. The molecule has 0 saturated heterocycles. The van der Waals surface area contributed by atoms with Crippen molar-refractivity contribution in [1.29, 1.82) is 0 Å². The van der Waals surface area contributed by atoms with Gasteiger partial charge in [0.25, 0.3) is 5.69 Å². The van der Waals surface area contributed by atoms with Crippen LogP contribution in [-0.2, 0) is 0 Å². The summed E-state index contributed by atoms with van der Waals surface area (Å²) < 4.78 is 47.0. The van der Waals surface area contributed by atoms with E-state index in [1.807, 2.05) is 13.8 Å². The van der Waals surface area contributed by atoms with Crippen LogP contribution in [0.5, 0.6) is 11.5 Å². The molecule has 3 rings (SSSR count). The van der Waals surface area contributed by atoms with Crippen LogP contribution in [0.15, 0.2) is 48.5 Å². The van der Waals surface area contributed by atoms with Crippen molar-refractivity contribution < 1.29 is 27.6 Å². The Morgan fingerprint density at radius 2 is 1.88 bits per heavy atom. The largest absolute Gasteiger partial charge is 0.573 e. The predicted octanol–water partition coefficient (Wildman–Crippen LogP) is 5.91. The maximum Gasteiger partial charge on any atom is 0.573 e. The van der Waals surface area contributed by atoms with Crippen LogP contribution < -0.4 is 20.1 Å². The van der Waals surface area contributed by atoms with Crippen LogP contribution in [0.25, 0.3) is 11.3 Å². The van der Waals surface area contributed by atoms with Gasteiger partial charge in [0.05, 0.1) is 23.8 Å². The number of rotatable bonds is 9. The van der Waals surface area contributed by atoms with E-state index in [4.69, 9.17) is 4.74 Å². The third-order valence-corrected chi connectivity index (χ3v) is 4.74. The van der Waals surface area contributed by atoms with Gasteiger partial charge >= 0.3 is 6.36 Å². The summed E-state index contributed by atoms with van der Waals surface area (Å²) in [6, 6.07) is 11.1. The molecule has 9 nitrogen and oxygen atoms in total. The normalized spacial score (nSPS) is 12.1. The summed E-state index contributed by atoms with van der Waals surface area (Å²) in [7, 11) is 1.40. The van der Waals surface area contributed by atoms with Crippen LogP contribution in [0.4, 0.5) is 36.3 Å². The Hall–Kier alpha value is -4.09. The molecule has 180 valence electrons. The number of alkyl halides is 3. The van der Waals surface area contributed by atoms with Crippen molar-refractivity contribution in [2.24, 2.45) is 0 Å². The standard InChI is InChI=1S/C22H22F3N5O4/c1-4-13(2)26-21-28-18(14-6-5-7-16(10-14)34-22(23,24)25)12-20(29-21)27-17-9-8-15(33-3)11-19(17)30(31)32/h5-13H,4H2,1-3H3,(H2,26,27,28,29)/t13-/m1/s1. The highest BCUT2D eigenvalue weighted by Gasteiger charge is 2.31. The lowest BCUT2D eigenvalue weighted by molar-refractivity contribution is -0.384.